The molecule has 0 aliphatic carbocycles. The van der Waals surface area contributed by atoms with Gasteiger partial charge in [-0.25, -0.2) is 8.42 Å². The van der Waals surface area contributed by atoms with E-state index in [-0.39, 0.29) is 12.4 Å². The highest BCUT2D eigenvalue weighted by Crippen LogP contribution is 2.28. The van der Waals surface area contributed by atoms with Crippen LogP contribution < -0.4 is 9.80 Å². The van der Waals surface area contributed by atoms with Gasteiger partial charge in [-0.3, -0.25) is 0 Å². The van der Waals surface area contributed by atoms with Crippen molar-refractivity contribution < 1.29 is 13.2 Å². The number of nitrogens with zero attached hydrogens (tertiary/aromatic N) is 5. The van der Waals surface area contributed by atoms with Crippen LogP contribution in [-0.2, 0) is 14.8 Å². The van der Waals surface area contributed by atoms with E-state index >= 15 is 0 Å². The van der Waals surface area contributed by atoms with Gasteiger partial charge in [-0.1, -0.05) is 0 Å². The van der Waals surface area contributed by atoms with E-state index in [1.165, 1.54) is 11.4 Å². The maximum absolute atomic E-state index is 12.3. The summed E-state index contributed by atoms with van der Waals surface area (Å²) in [5.74, 6) is 1.49. The normalized spacial score (nSPS) is 16.4. The number of aromatic nitrogens is 3. The summed E-state index contributed by atoms with van der Waals surface area (Å²) < 4.78 is 31.1. The van der Waals surface area contributed by atoms with E-state index in [0.29, 0.717) is 32.1 Å². The van der Waals surface area contributed by atoms with Crippen molar-refractivity contribution in [3.63, 3.8) is 0 Å². The van der Waals surface area contributed by atoms with Crippen molar-refractivity contribution in [3.8, 4) is 0 Å². The van der Waals surface area contributed by atoms with Crippen molar-refractivity contribution in [1.29, 1.82) is 0 Å². The molecule has 0 atom stereocenters. The third kappa shape index (κ3) is 3.76. The Morgan fingerprint density at radius 1 is 1.23 bits per heavy atom. The van der Waals surface area contributed by atoms with E-state index in [2.05, 4.69) is 14.9 Å². The first-order valence-electron chi connectivity index (χ1n) is 8.58. The van der Waals surface area contributed by atoms with E-state index in [0.717, 1.165) is 22.5 Å². The molecule has 0 unspecified atom stereocenters. The quantitative estimate of drug-likeness (QED) is 0.774. The molecule has 0 saturated carbocycles. The summed E-state index contributed by atoms with van der Waals surface area (Å²) in [6, 6.07) is 2.03. The lowest BCUT2D eigenvalue weighted by molar-refractivity contribution is 0.215. The summed E-state index contributed by atoms with van der Waals surface area (Å²) in [5, 5.41) is 0.962. The van der Waals surface area contributed by atoms with Gasteiger partial charge in [0.1, 0.15) is 11.5 Å². The Hall–Kier alpha value is -1.91. The predicted molar refractivity (Wildman–Crippen MR) is 102 cm³/mol. The highest BCUT2D eigenvalue weighted by Gasteiger charge is 2.28. The summed E-state index contributed by atoms with van der Waals surface area (Å²) in [6.07, 6.45) is 0. The molecule has 1 saturated heterocycles. The van der Waals surface area contributed by atoms with Gasteiger partial charge in [0, 0.05) is 53.1 Å². The molecule has 10 heteroatoms. The molecule has 2 aromatic rings. The minimum absolute atomic E-state index is 0.0169. The zero-order chi connectivity index (χ0) is 18.9. The fraction of sp³-hybridized carbons (Fsp3) is 0.625. The first kappa shape index (κ1) is 18.9. The van der Waals surface area contributed by atoms with Gasteiger partial charge in [0.2, 0.25) is 16.0 Å². The SMILES string of the molecule is COCCS(=O)(=O)N1CCN(c2nc(N(C)C)nc3[nH]c(C)cc23)CC1. The number of hydrogen-bond acceptors (Lipinski definition) is 7. The Bertz CT molecular complexity index is 871. The fourth-order valence-corrected chi connectivity index (χ4v) is 4.41. The number of aromatic amines is 1. The second kappa shape index (κ2) is 7.37. The summed E-state index contributed by atoms with van der Waals surface area (Å²) in [6.45, 7) is 4.27. The Kier molecular flexibility index (Phi) is 5.35. The molecule has 0 aromatic carbocycles. The van der Waals surface area contributed by atoms with Crippen LogP contribution in [0.5, 0.6) is 0 Å². The zero-order valence-corrected chi connectivity index (χ0v) is 16.5. The molecule has 26 heavy (non-hydrogen) atoms. The van der Waals surface area contributed by atoms with E-state index in [9.17, 15) is 8.42 Å². The first-order chi connectivity index (χ1) is 12.3. The molecule has 2 aromatic heterocycles. The van der Waals surface area contributed by atoms with Crippen LogP contribution in [0.2, 0.25) is 0 Å². The zero-order valence-electron chi connectivity index (χ0n) is 15.7. The average Bonchev–Trinajstić information content (AvgIpc) is 2.99. The third-order valence-corrected chi connectivity index (χ3v) is 6.30. The largest absolute Gasteiger partial charge is 0.384 e. The van der Waals surface area contributed by atoms with Gasteiger partial charge in [0.05, 0.1) is 17.7 Å². The molecule has 1 fully saturated rings. The van der Waals surface area contributed by atoms with Crippen LogP contribution in [0, 0.1) is 6.92 Å². The maximum Gasteiger partial charge on any atom is 0.228 e. The Morgan fingerprint density at radius 2 is 1.92 bits per heavy atom. The molecule has 144 valence electrons. The van der Waals surface area contributed by atoms with Crippen molar-refractivity contribution in [1.82, 2.24) is 19.3 Å². The number of H-pyrrole nitrogens is 1. The highest BCUT2D eigenvalue weighted by atomic mass is 32.2. The lowest BCUT2D eigenvalue weighted by Crippen LogP contribution is -2.50. The van der Waals surface area contributed by atoms with Gasteiger partial charge in [0.15, 0.2) is 0 Å². The molecule has 3 rings (SSSR count). The second-order valence-corrected chi connectivity index (χ2v) is 8.74. The monoisotopic (exact) mass is 382 g/mol. The number of sulfonamides is 1. The number of hydrogen-bond donors (Lipinski definition) is 1. The molecule has 1 N–H and O–H groups in total. The van der Waals surface area contributed by atoms with E-state index in [4.69, 9.17) is 9.72 Å². The molecule has 0 bridgehead atoms. The van der Waals surface area contributed by atoms with Crippen LogP contribution in [0.4, 0.5) is 11.8 Å². The van der Waals surface area contributed by atoms with Gasteiger partial charge >= 0.3 is 0 Å². The number of anilines is 2. The predicted octanol–water partition coefficient (Wildman–Crippen LogP) is 0.431. The lowest BCUT2D eigenvalue weighted by atomic mass is 10.3. The Morgan fingerprint density at radius 3 is 2.54 bits per heavy atom. The fourth-order valence-electron chi connectivity index (χ4n) is 3.05. The number of ether oxygens (including phenoxy) is 1. The van der Waals surface area contributed by atoms with E-state index in [1.54, 1.807) is 0 Å². The topological polar surface area (TPSA) is 94.7 Å². The van der Waals surface area contributed by atoms with Gasteiger partial charge < -0.3 is 19.5 Å². The van der Waals surface area contributed by atoms with Crippen LogP contribution in [0.3, 0.4) is 0 Å². The molecule has 0 radical (unpaired) electrons. The molecule has 0 spiro atoms. The molecule has 1 aliphatic rings. The van der Waals surface area contributed by atoms with Crippen LogP contribution in [0.1, 0.15) is 5.69 Å². The van der Waals surface area contributed by atoms with Gasteiger partial charge in [-0.2, -0.15) is 14.3 Å². The number of nitrogens with one attached hydrogen (secondary N) is 1. The summed E-state index contributed by atoms with van der Waals surface area (Å²) in [4.78, 5) is 16.5. The number of aryl methyl sites for hydroxylation is 1. The summed E-state index contributed by atoms with van der Waals surface area (Å²) in [5.41, 5.74) is 1.82. The van der Waals surface area contributed by atoms with Gasteiger partial charge in [0.25, 0.3) is 0 Å². The van der Waals surface area contributed by atoms with Crippen molar-refractivity contribution in [3.05, 3.63) is 11.8 Å². The van der Waals surface area contributed by atoms with Crippen LogP contribution in [-0.4, -0.2) is 87.4 Å². The van der Waals surface area contributed by atoms with Gasteiger partial charge in [-0.15, -0.1) is 0 Å². The Balaban J connectivity index is 1.83. The number of rotatable bonds is 6. The van der Waals surface area contributed by atoms with Gasteiger partial charge in [-0.05, 0) is 13.0 Å². The molecule has 0 amide bonds. The molecule has 1 aliphatic heterocycles. The number of fused-ring (bicyclic) bond motifs is 1. The standard InChI is InChI=1S/C16H26N6O3S/c1-12-11-13-14(17-12)18-16(20(2)3)19-15(13)21-5-7-22(8-6-21)26(23,24)10-9-25-4/h11H,5-10H2,1-4H3,(H,17,18,19). The van der Waals surface area contributed by atoms with E-state index in [1.807, 2.05) is 32.0 Å². The second-order valence-electron chi connectivity index (χ2n) is 6.65. The summed E-state index contributed by atoms with van der Waals surface area (Å²) in [7, 11) is 2.04. The number of methoxy groups -OCH3 is 1. The molecule has 3 heterocycles. The Labute approximate surface area is 154 Å². The van der Waals surface area contributed by atoms with Crippen molar-refractivity contribution in [2.24, 2.45) is 0 Å². The molecular formula is C16H26N6O3S. The van der Waals surface area contributed by atoms with Crippen molar-refractivity contribution in [2.45, 2.75) is 6.92 Å². The first-order valence-corrected chi connectivity index (χ1v) is 10.2. The van der Waals surface area contributed by atoms with Crippen LogP contribution in [0.25, 0.3) is 11.0 Å². The third-order valence-electron chi connectivity index (χ3n) is 4.47. The van der Waals surface area contributed by atoms with Crippen molar-refractivity contribution in [2.75, 3.05) is 69.5 Å². The highest BCUT2D eigenvalue weighted by molar-refractivity contribution is 7.89. The van der Waals surface area contributed by atoms with E-state index < -0.39 is 10.0 Å². The molecular weight excluding hydrogens is 356 g/mol. The minimum atomic E-state index is -3.28. The van der Waals surface area contributed by atoms with Crippen LogP contribution in [0.15, 0.2) is 6.07 Å². The summed E-state index contributed by atoms with van der Waals surface area (Å²) >= 11 is 0. The number of piperazine rings is 1. The van der Waals surface area contributed by atoms with Crippen molar-refractivity contribution >= 4 is 32.8 Å². The average molecular weight is 382 g/mol. The lowest BCUT2D eigenvalue weighted by Gasteiger charge is -2.35. The van der Waals surface area contributed by atoms with Crippen LogP contribution >= 0.6 is 0 Å². The molecule has 9 nitrogen and oxygen atoms in total. The minimum Gasteiger partial charge on any atom is -0.384 e. The smallest absolute Gasteiger partial charge is 0.228 e. The maximum atomic E-state index is 12.3.